The lowest BCUT2D eigenvalue weighted by molar-refractivity contribution is -0.145. The van der Waals surface area contributed by atoms with Crippen molar-refractivity contribution < 1.29 is 13.2 Å². The van der Waals surface area contributed by atoms with Crippen LogP contribution in [0.1, 0.15) is 11.6 Å². The lowest BCUT2D eigenvalue weighted by Gasteiger charge is -2.12. The van der Waals surface area contributed by atoms with Gasteiger partial charge < -0.3 is 5.73 Å². The van der Waals surface area contributed by atoms with Crippen molar-refractivity contribution in [3.8, 4) is 11.3 Å². The average Bonchev–Trinajstić information content (AvgIpc) is 3.33. The van der Waals surface area contributed by atoms with Crippen LogP contribution < -0.4 is 5.73 Å². The number of hydrogen-bond acceptors (Lipinski definition) is 6. The van der Waals surface area contributed by atoms with Crippen LogP contribution in [0.15, 0.2) is 65.2 Å². The van der Waals surface area contributed by atoms with Gasteiger partial charge in [0.25, 0.3) is 0 Å². The van der Waals surface area contributed by atoms with E-state index in [1.807, 2.05) is 30.3 Å². The predicted octanol–water partition coefficient (Wildman–Crippen LogP) is 2.89. The number of halogens is 3. The maximum Gasteiger partial charge on any atom is 0.450 e. The first-order valence-electron chi connectivity index (χ1n) is 8.85. The molecular formula is C19H13F3N8. The van der Waals surface area contributed by atoms with Crippen molar-refractivity contribution in [3.05, 3.63) is 66.6 Å². The summed E-state index contributed by atoms with van der Waals surface area (Å²) >= 11 is 0. The number of amidine groups is 1. The molecule has 2 N–H and O–H groups in total. The number of alkyl halides is 3. The third-order valence-corrected chi connectivity index (χ3v) is 4.66. The fourth-order valence-electron chi connectivity index (χ4n) is 3.29. The Balaban J connectivity index is 1.70. The smallest absolute Gasteiger partial charge is 0.385 e. The highest BCUT2D eigenvalue weighted by molar-refractivity contribution is 5.91. The van der Waals surface area contributed by atoms with Crippen LogP contribution >= 0.6 is 0 Å². The van der Waals surface area contributed by atoms with Gasteiger partial charge in [0.2, 0.25) is 11.8 Å². The molecule has 1 aliphatic heterocycles. The van der Waals surface area contributed by atoms with E-state index in [1.165, 1.54) is 17.1 Å². The van der Waals surface area contributed by atoms with Gasteiger partial charge in [-0.1, -0.05) is 36.4 Å². The number of aromatic nitrogens is 5. The standard InChI is InChI=1S/C19H13F3N8/c20-19(21,22)17-25-14(13-6-5-11-3-1-2-4-12(11)7-13)9-29(17)18-28-26-15(23)8-16-27-24-10-30(16)18/h1-7,9-10H,8H2,(H2,23,26). The Morgan fingerprint density at radius 1 is 0.967 bits per heavy atom. The minimum atomic E-state index is -4.73. The first-order chi connectivity index (χ1) is 14.4. The highest BCUT2D eigenvalue weighted by atomic mass is 19.4. The number of nitrogens with zero attached hydrogens (tertiary/aromatic N) is 7. The lowest BCUT2D eigenvalue weighted by atomic mass is 10.1. The van der Waals surface area contributed by atoms with Crippen LogP contribution in [0.4, 0.5) is 13.2 Å². The van der Waals surface area contributed by atoms with Gasteiger partial charge in [0.15, 0.2) is 0 Å². The molecule has 30 heavy (non-hydrogen) atoms. The van der Waals surface area contributed by atoms with E-state index in [0.717, 1.165) is 15.3 Å². The molecule has 0 saturated heterocycles. The van der Waals surface area contributed by atoms with E-state index in [4.69, 9.17) is 5.73 Å². The zero-order valence-corrected chi connectivity index (χ0v) is 15.2. The van der Waals surface area contributed by atoms with Crippen LogP contribution in [-0.2, 0) is 12.6 Å². The Bertz CT molecular complexity index is 1330. The fourth-order valence-corrected chi connectivity index (χ4v) is 3.29. The summed E-state index contributed by atoms with van der Waals surface area (Å²) in [5.41, 5.74) is 6.42. The third-order valence-electron chi connectivity index (χ3n) is 4.66. The summed E-state index contributed by atoms with van der Waals surface area (Å²) in [6, 6.07) is 12.9. The summed E-state index contributed by atoms with van der Waals surface area (Å²) in [7, 11) is 0. The van der Waals surface area contributed by atoms with Crippen molar-refractivity contribution in [2.45, 2.75) is 12.6 Å². The van der Waals surface area contributed by atoms with Crippen LogP contribution in [0.25, 0.3) is 22.0 Å². The van der Waals surface area contributed by atoms with Gasteiger partial charge in [-0.15, -0.1) is 20.4 Å². The number of nitrogens with two attached hydrogens (primary N) is 1. The monoisotopic (exact) mass is 410 g/mol. The highest BCUT2D eigenvalue weighted by Gasteiger charge is 2.39. The maximum atomic E-state index is 13.8. The molecule has 0 fully saturated rings. The third kappa shape index (κ3) is 3.00. The van der Waals surface area contributed by atoms with Crippen molar-refractivity contribution >= 4 is 22.6 Å². The Hall–Kier alpha value is -4.02. The van der Waals surface area contributed by atoms with Gasteiger partial charge in [-0.2, -0.15) is 13.2 Å². The van der Waals surface area contributed by atoms with E-state index < -0.39 is 12.0 Å². The molecule has 2 aromatic heterocycles. The molecule has 0 aliphatic carbocycles. The normalized spacial score (nSPS) is 14.2. The van der Waals surface area contributed by atoms with E-state index in [9.17, 15) is 13.2 Å². The topological polar surface area (TPSA) is 99.3 Å². The van der Waals surface area contributed by atoms with Crippen LogP contribution in [-0.4, -0.2) is 36.1 Å². The van der Waals surface area contributed by atoms with Gasteiger partial charge in [-0.25, -0.2) is 4.98 Å². The second-order valence-corrected chi connectivity index (χ2v) is 6.66. The lowest BCUT2D eigenvalue weighted by Crippen LogP contribution is -2.27. The molecule has 2 aromatic carbocycles. The Kier molecular flexibility index (Phi) is 3.91. The van der Waals surface area contributed by atoms with Gasteiger partial charge in [0.1, 0.15) is 18.0 Å². The zero-order chi connectivity index (χ0) is 20.9. The number of rotatable bonds is 1. The Morgan fingerprint density at radius 3 is 2.57 bits per heavy atom. The van der Waals surface area contributed by atoms with Gasteiger partial charge in [0, 0.05) is 11.8 Å². The number of hydrogen-bond donors (Lipinski definition) is 1. The minimum absolute atomic E-state index is 0.112. The van der Waals surface area contributed by atoms with E-state index >= 15 is 0 Å². The molecule has 150 valence electrons. The first-order valence-corrected chi connectivity index (χ1v) is 8.85. The number of benzene rings is 2. The number of imidazole rings is 1. The van der Waals surface area contributed by atoms with Crippen molar-refractivity contribution in [1.82, 2.24) is 24.3 Å². The van der Waals surface area contributed by atoms with Gasteiger partial charge >= 0.3 is 6.18 Å². The molecule has 0 radical (unpaired) electrons. The van der Waals surface area contributed by atoms with Crippen LogP contribution in [0, 0.1) is 0 Å². The molecule has 3 heterocycles. The summed E-state index contributed by atoms with van der Waals surface area (Å²) in [6.07, 6.45) is -2.08. The molecule has 0 spiro atoms. The predicted molar refractivity (Wildman–Crippen MR) is 104 cm³/mol. The summed E-state index contributed by atoms with van der Waals surface area (Å²) in [4.78, 5) is 3.86. The summed E-state index contributed by atoms with van der Waals surface area (Å²) in [5, 5.41) is 17.2. The van der Waals surface area contributed by atoms with Crippen molar-refractivity contribution in [1.29, 1.82) is 0 Å². The average molecular weight is 410 g/mol. The van der Waals surface area contributed by atoms with Crippen LogP contribution in [0.5, 0.6) is 0 Å². The molecule has 1 aliphatic rings. The van der Waals surface area contributed by atoms with E-state index in [0.29, 0.717) is 11.4 Å². The molecule has 0 saturated carbocycles. The summed E-state index contributed by atoms with van der Waals surface area (Å²) in [6.45, 7) is 0. The Morgan fingerprint density at radius 2 is 1.77 bits per heavy atom. The zero-order valence-electron chi connectivity index (χ0n) is 15.2. The number of fused-ring (bicyclic) bond motifs is 2. The van der Waals surface area contributed by atoms with Gasteiger partial charge in [-0.3, -0.25) is 9.13 Å². The second kappa shape index (κ2) is 6.51. The second-order valence-electron chi connectivity index (χ2n) is 6.66. The van der Waals surface area contributed by atoms with Crippen LogP contribution in [0.2, 0.25) is 0 Å². The van der Waals surface area contributed by atoms with Crippen molar-refractivity contribution in [2.24, 2.45) is 15.9 Å². The molecule has 4 aromatic rings. The highest BCUT2D eigenvalue weighted by Crippen LogP contribution is 2.32. The molecule has 8 nitrogen and oxygen atoms in total. The molecule has 0 bridgehead atoms. The molecule has 5 rings (SSSR count). The molecule has 0 amide bonds. The SMILES string of the molecule is NC1=NN=C(n2cc(-c3ccc4ccccc4c3)nc2C(F)(F)F)n2cnnc2C1. The largest absolute Gasteiger partial charge is 0.450 e. The van der Waals surface area contributed by atoms with Crippen molar-refractivity contribution in [3.63, 3.8) is 0 Å². The summed E-state index contributed by atoms with van der Waals surface area (Å²) in [5.74, 6) is -0.869. The maximum absolute atomic E-state index is 13.8. The fraction of sp³-hybridized carbons (Fsp3) is 0.105. The molecular weight excluding hydrogens is 397 g/mol. The van der Waals surface area contributed by atoms with Crippen molar-refractivity contribution in [2.75, 3.05) is 0 Å². The molecule has 0 atom stereocenters. The molecule has 11 heteroatoms. The van der Waals surface area contributed by atoms with E-state index in [-0.39, 0.29) is 23.9 Å². The Labute approximate surface area is 167 Å². The minimum Gasteiger partial charge on any atom is -0.385 e. The summed E-state index contributed by atoms with van der Waals surface area (Å²) < 4.78 is 43.6. The van der Waals surface area contributed by atoms with Gasteiger partial charge in [0.05, 0.1) is 12.1 Å². The van der Waals surface area contributed by atoms with E-state index in [1.54, 1.807) is 12.1 Å². The first kappa shape index (κ1) is 18.0. The quantitative estimate of drug-likeness (QED) is 0.522. The molecule has 0 unspecified atom stereocenters. The van der Waals surface area contributed by atoms with E-state index in [2.05, 4.69) is 25.4 Å². The van der Waals surface area contributed by atoms with Gasteiger partial charge in [-0.05, 0) is 16.8 Å². The van der Waals surface area contributed by atoms with Crippen LogP contribution in [0.3, 0.4) is 0 Å².